The molecule has 128 valence electrons. The minimum atomic E-state index is -0.125. The summed E-state index contributed by atoms with van der Waals surface area (Å²) in [6, 6.07) is 8.37. The number of nitrogens with zero attached hydrogens (tertiary/aromatic N) is 2. The molecule has 3 aromatic rings. The van der Waals surface area contributed by atoms with Crippen LogP contribution in [0, 0.1) is 6.92 Å². The number of hydrogen-bond donors (Lipinski definition) is 1. The largest absolute Gasteiger partial charge is 0.508 e. The van der Waals surface area contributed by atoms with E-state index in [0.717, 1.165) is 16.1 Å². The van der Waals surface area contributed by atoms with E-state index in [1.807, 2.05) is 31.2 Å². The molecular weight excluding hydrogens is 379 g/mol. The van der Waals surface area contributed by atoms with Crippen molar-refractivity contribution in [3.8, 4) is 11.4 Å². The Labute approximate surface area is 158 Å². The fourth-order valence-electron chi connectivity index (χ4n) is 2.47. The fraction of sp³-hybridized carbons (Fsp3) is 0.111. The number of ketones is 1. The van der Waals surface area contributed by atoms with E-state index < -0.39 is 0 Å². The van der Waals surface area contributed by atoms with Crippen LogP contribution in [-0.4, -0.2) is 20.7 Å². The molecule has 0 aliphatic carbocycles. The van der Waals surface area contributed by atoms with E-state index in [1.54, 1.807) is 10.7 Å². The third-order valence-corrected chi connectivity index (χ3v) is 5.16. The van der Waals surface area contributed by atoms with Crippen LogP contribution >= 0.6 is 34.5 Å². The zero-order valence-electron chi connectivity index (χ0n) is 13.5. The second-order valence-corrected chi connectivity index (χ2v) is 7.59. The number of aromatic hydroxyl groups is 1. The van der Waals surface area contributed by atoms with Crippen molar-refractivity contribution in [2.24, 2.45) is 0 Å². The maximum Gasteiger partial charge on any atom is 0.180 e. The van der Waals surface area contributed by atoms with Crippen LogP contribution in [0.3, 0.4) is 0 Å². The van der Waals surface area contributed by atoms with Gasteiger partial charge in [0.25, 0.3) is 0 Å². The molecule has 0 amide bonds. The lowest BCUT2D eigenvalue weighted by atomic mass is 10.1. The minimum absolute atomic E-state index is 0.0646. The summed E-state index contributed by atoms with van der Waals surface area (Å²) in [7, 11) is 0. The molecule has 0 saturated carbocycles. The molecular formula is C18H14Cl2N2O2S. The molecule has 0 radical (unpaired) electrons. The Balaban J connectivity index is 2.15. The molecule has 3 rings (SSSR count). The summed E-state index contributed by atoms with van der Waals surface area (Å²) in [6.07, 6.45) is 3.79. The number of carbonyl (C=O) groups is 1. The Hall–Kier alpha value is -2.08. The van der Waals surface area contributed by atoms with Gasteiger partial charge in [0.05, 0.1) is 20.7 Å². The molecule has 0 atom stereocenters. The van der Waals surface area contributed by atoms with E-state index in [9.17, 15) is 9.90 Å². The highest BCUT2D eigenvalue weighted by molar-refractivity contribution is 7.17. The molecule has 4 nitrogen and oxygen atoms in total. The van der Waals surface area contributed by atoms with Crippen molar-refractivity contribution in [3.05, 3.63) is 61.5 Å². The summed E-state index contributed by atoms with van der Waals surface area (Å²) in [6.45, 7) is 3.32. The first-order valence-corrected chi connectivity index (χ1v) is 8.97. The van der Waals surface area contributed by atoms with Gasteiger partial charge < -0.3 is 5.11 Å². The van der Waals surface area contributed by atoms with Crippen molar-refractivity contribution in [2.75, 3.05) is 0 Å². The molecule has 2 heterocycles. The average Bonchev–Trinajstić information content (AvgIpc) is 3.09. The van der Waals surface area contributed by atoms with Crippen LogP contribution in [0.1, 0.15) is 33.5 Å². The van der Waals surface area contributed by atoms with Gasteiger partial charge >= 0.3 is 0 Å². The van der Waals surface area contributed by atoms with Crippen molar-refractivity contribution in [1.82, 2.24) is 9.78 Å². The Kier molecular flexibility index (Phi) is 4.99. The van der Waals surface area contributed by atoms with Crippen LogP contribution in [0.5, 0.6) is 5.75 Å². The van der Waals surface area contributed by atoms with Crippen LogP contribution in [-0.2, 0) is 0 Å². The van der Waals surface area contributed by atoms with Crippen LogP contribution in [0.25, 0.3) is 17.8 Å². The van der Waals surface area contributed by atoms with Crippen LogP contribution in [0.15, 0.2) is 30.3 Å². The van der Waals surface area contributed by atoms with Crippen molar-refractivity contribution >= 4 is 52.5 Å². The van der Waals surface area contributed by atoms with Gasteiger partial charge in [0, 0.05) is 23.4 Å². The van der Waals surface area contributed by atoms with E-state index in [1.165, 1.54) is 30.4 Å². The maximum atomic E-state index is 11.9. The molecule has 7 heteroatoms. The standard InChI is InChI=1S/C18H14Cl2N2O2S/c1-10-15(7-4-13-5-8-17(20)25-13)22(21-18(10)11(2)23)16-6-3-12(24)9-14(16)19/h3-9,24H,1-2H3/b7-4+. The zero-order valence-corrected chi connectivity index (χ0v) is 15.8. The SMILES string of the molecule is CC(=O)c1nn(-c2ccc(O)cc2Cl)c(/C=C/c2ccc(Cl)s2)c1C. The van der Waals surface area contributed by atoms with Gasteiger partial charge in [-0.1, -0.05) is 23.2 Å². The first kappa shape index (κ1) is 17.7. The topological polar surface area (TPSA) is 55.1 Å². The van der Waals surface area contributed by atoms with E-state index in [-0.39, 0.29) is 11.5 Å². The van der Waals surface area contributed by atoms with Crippen LogP contribution in [0.2, 0.25) is 9.36 Å². The van der Waals surface area contributed by atoms with Crippen molar-refractivity contribution in [1.29, 1.82) is 0 Å². The molecule has 0 saturated heterocycles. The quantitative estimate of drug-likeness (QED) is 0.585. The number of phenolic OH excluding ortho intramolecular Hbond substituents is 1. The van der Waals surface area contributed by atoms with E-state index in [4.69, 9.17) is 23.2 Å². The summed E-state index contributed by atoms with van der Waals surface area (Å²) < 4.78 is 2.32. The highest BCUT2D eigenvalue weighted by Gasteiger charge is 2.18. The Morgan fingerprint density at radius 1 is 1.24 bits per heavy atom. The monoisotopic (exact) mass is 392 g/mol. The zero-order chi connectivity index (χ0) is 18.1. The first-order valence-electron chi connectivity index (χ1n) is 7.39. The van der Waals surface area contributed by atoms with Gasteiger partial charge in [-0.25, -0.2) is 4.68 Å². The van der Waals surface area contributed by atoms with E-state index in [0.29, 0.717) is 20.7 Å². The minimum Gasteiger partial charge on any atom is -0.508 e. The fourth-order valence-corrected chi connectivity index (χ4v) is 3.69. The molecule has 0 fully saturated rings. The molecule has 0 aliphatic rings. The first-order chi connectivity index (χ1) is 11.9. The summed E-state index contributed by atoms with van der Waals surface area (Å²) in [5, 5.41) is 14.3. The molecule has 0 bridgehead atoms. The third kappa shape index (κ3) is 3.63. The number of Topliss-reactive ketones (excluding diaryl/α,β-unsaturated/α-hetero) is 1. The Morgan fingerprint density at radius 3 is 2.60 bits per heavy atom. The molecule has 1 aromatic carbocycles. The molecule has 0 spiro atoms. The van der Waals surface area contributed by atoms with Gasteiger partial charge in [-0.05, 0) is 43.3 Å². The number of carbonyl (C=O) groups excluding carboxylic acids is 1. The number of thiophene rings is 1. The summed E-state index contributed by atoms with van der Waals surface area (Å²) >= 11 is 13.7. The molecule has 2 aromatic heterocycles. The second-order valence-electron chi connectivity index (χ2n) is 5.44. The van der Waals surface area contributed by atoms with Crippen molar-refractivity contribution in [2.45, 2.75) is 13.8 Å². The van der Waals surface area contributed by atoms with Gasteiger partial charge in [0.1, 0.15) is 11.4 Å². The lowest BCUT2D eigenvalue weighted by molar-refractivity contribution is 0.101. The highest BCUT2D eigenvalue weighted by Crippen LogP contribution is 2.29. The lowest BCUT2D eigenvalue weighted by Gasteiger charge is -2.08. The number of benzene rings is 1. The maximum absolute atomic E-state index is 11.9. The van der Waals surface area contributed by atoms with E-state index >= 15 is 0 Å². The van der Waals surface area contributed by atoms with Crippen LogP contribution in [0.4, 0.5) is 0 Å². The molecule has 1 N–H and O–H groups in total. The summed E-state index contributed by atoms with van der Waals surface area (Å²) in [5.41, 5.74) is 2.46. The van der Waals surface area contributed by atoms with Gasteiger partial charge in [-0.2, -0.15) is 5.10 Å². The third-order valence-electron chi connectivity index (χ3n) is 3.66. The predicted octanol–water partition coefficient (Wildman–Crippen LogP) is 5.63. The predicted molar refractivity (Wildman–Crippen MR) is 103 cm³/mol. The van der Waals surface area contributed by atoms with Gasteiger partial charge in [-0.3, -0.25) is 4.79 Å². The molecule has 25 heavy (non-hydrogen) atoms. The van der Waals surface area contributed by atoms with Gasteiger partial charge in [0.15, 0.2) is 5.78 Å². The molecule has 0 unspecified atom stereocenters. The normalized spacial score (nSPS) is 11.4. The highest BCUT2D eigenvalue weighted by atomic mass is 35.5. The number of rotatable bonds is 4. The summed E-state index contributed by atoms with van der Waals surface area (Å²) in [4.78, 5) is 12.9. The summed E-state index contributed by atoms with van der Waals surface area (Å²) in [5.74, 6) is -0.0605. The number of phenols is 1. The molecule has 0 aliphatic heterocycles. The lowest BCUT2D eigenvalue weighted by Crippen LogP contribution is -2.01. The number of hydrogen-bond acceptors (Lipinski definition) is 4. The number of halogens is 2. The van der Waals surface area contributed by atoms with Crippen molar-refractivity contribution in [3.63, 3.8) is 0 Å². The van der Waals surface area contributed by atoms with E-state index in [2.05, 4.69) is 5.10 Å². The van der Waals surface area contributed by atoms with Crippen molar-refractivity contribution < 1.29 is 9.90 Å². The Bertz CT molecular complexity index is 989. The van der Waals surface area contributed by atoms with Gasteiger partial charge in [0.2, 0.25) is 0 Å². The second kappa shape index (κ2) is 7.04. The smallest absolute Gasteiger partial charge is 0.180 e. The average molecular weight is 393 g/mol. The van der Waals surface area contributed by atoms with Gasteiger partial charge in [-0.15, -0.1) is 11.3 Å². The van der Waals surface area contributed by atoms with Crippen LogP contribution < -0.4 is 0 Å². The number of aromatic nitrogens is 2. The Morgan fingerprint density at radius 2 is 2.00 bits per heavy atom.